The predicted octanol–water partition coefficient (Wildman–Crippen LogP) is 2.96. The molecule has 2 nitrogen and oxygen atoms in total. The van der Waals surface area contributed by atoms with Gasteiger partial charge in [-0.1, -0.05) is 27.6 Å². The third kappa shape index (κ3) is 2.41. The molecule has 0 bridgehead atoms. The number of hydrogen-bond acceptors (Lipinski definition) is 2. The Morgan fingerprint density at radius 1 is 1.47 bits per heavy atom. The highest BCUT2D eigenvalue weighted by molar-refractivity contribution is 9.10. The van der Waals surface area contributed by atoms with Crippen molar-refractivity contribution in [1.82, 2.24) is 0 Å². The molecule has 2 rings (SSSR count). The lowest BCUT2D eigenvalue weighted by Crippen LogP contribution is -2.29. The predicted molar refractivity (Wildman–Crippen MR) is 65.9 cm³/mol. The van der Waals surface area contributed by atoms with Gasteiger partial charge in [-0.15, -0.1) is 0 Å². The van der Waals surface area contributed by atoms with Crippen LogP contribution in [0, 0.1) is 0 Å². The molecule has 1 aliphatic carbocycles. The van der Waals surface area contributed by atoms with Crippen LogP contribution < -0.4 is 10.5 Å². The Balaban J connectivity index is 2.26. The van der Waals surface area contributed by atoms with Crippen LogP contribution in [0.4, 0.5) is 0 Å². The van der Waals surface area contributed by atoms with E-state index in [9.17, 15) is 0 Å². The van der Waals surface area contributed by atoms with Gasteiger partial charge < -0.3 is 10.5 Å². The van der Waals surface area contributed by atoms with E-state index in [-0.39, 0.29) is 0 Å². The van der Waals surface area contributed by atoms with Crippen LogP contribution in [0.1, 0.15) is 18.4 Å². The van der Waals surface area contributed by atoms with Crippen molar-refractivity contribution in [3.8, 4) is 5.75 Å². The number of methoxy groups -OCH3 is 1. The third-order valence-electron chi connectivity index (χ3n) is 2.60. The maximum Gasteiger partial charge on any atom is 0.126 e. The van der Waals surface area contributed by atoms with E-state index in [0.717, 1.165) is 28.6 Å². The third-order valence-corrected chi connectivity index (χ3v) is 3.09. The summed E-state index contributed by atoms with van der Waals surface area (Å²) in [7, 11) is 1.69. The summed E-state index contributed by atoms with van der Waals surface area (Å²) in [5.41, 5.74) is 8.26. The van der Waals surface area contributed by atoms with Crippen molar-refractivity contribution in [2.24, 2.45) is 5.73 Å². The van der Waals surface area contributed by atoms with Crippen molar-refractivity contribution in [1.29, 1.82) is 0 Å². The Labute approximate surface area is 98.2 Å². The molecule has 1 aromatic carbocycles. The molecule has 0 aliphatic heterocycles. The van der Waals surface area contributed by atoms with Gasteiger partial charge in [-0.2, -0.15) is 0 Å². The molecule has 1 saturated carbocycles. The maximum atomic E-state index is 5.74. The second-order valence-electron chi connectivity index (χ2n) is 3.86. The first-order chi connectivity index (χ1) is 7.19. The molecule has 80 valence electrons. The Bertz CT molecular complexity index is 393. The first kappa shape index (κ1) is 10.7. The van der Waals surface area contributed by atoms with Gasteiger partial charge in [0.2, 0.25) is 0 Å². The molecular formula is C12H14BrNO. The zero-order valence-electron chi connectivity index (χ0n) is 8.66. The molecule has 0 radical (unpaired) electrons. The minimum absolute atomic E-state index is 0.356. The lowest BCUT2D eigenvalue weighted by atomic mass is 9.86. The van der Waals surface area contributed by atoms with Gasteiger partial charge in [-0.05, 0) is 31.0 Å². The number of halogens is 1. The van der Waals surface area contributed by atoms with E-state index < -0.39 is 0 Å². The van der Waals surface area contributed by atoms with Crippen LogP contribution in [0.15, 0.2) is 28.2 Å². The van der Waals surface area contributed by atoms with E-state index in [1.807, 2.05) is 12.1 Å². The summed E-state index contributed by atoms with van der Waals surface area (Å²) >= 11 is 3.46. The number of hydrogen-bond donors (Lipinski definition) is 1. The molecule has 0 saturated heterocycles. The van der Waals surface area contributed by atoms with Crippen LogP contribution in [0.3, 0.4) is 0 Å². The highest BCUT2D eigenvalue weighted by atomic mass is 79.9. The minimum Gasteiger partial charge on any atom is -0.496 e. The summed E-state index contributed by atoms with van der Waals surface area (Å²) in [5, 5.41) is 0. The number of ether oxygens (including phenoxy) is 1. The van der Waals surface area contributed by atoms with Crippen LogP contribution in [-0.2, 0) is 0 Å². The lowest BCUT2D eigenvalue weighted by Gasteiger charge is -2.25. The molecule has 0 heterocycles. The van der Waals surface area contributed by atoms with E-state index in [1.165, 1.54) is 5.57 Å². The zero-order valence-corrected chi connectivity index (χ0v) is 10.3. The molecule has 0 unspecified atom stereocenters. The number of benzene rings is 1. The van der Waals surface area contributed by atoms with Crippen LogP contribution in [-0.4, -0.2) is 13.2 Å². The Kier molecular flexibility index (Phi) is 3.12. The van der Waals surface area contributed by atoms with Crippen molar-refractivity contribution in [2.75, 3.05) is 7.11 Å². The van der Waals surface area contributed by atoms with Crippen molar-refractivity contribution >= 4 is 22.0 Å². The molecule has 0 spiro atoms. The molecule has 1 aromatic rings. The van der Waals surface area contributed by atoms with Crippen molar-refractivity contribution in [3.05, 3.63) is 33.8 Å². The normalized spacial score (nSPS) is 19.7. The lowest BCUT2D eigenvalue weighted by molar-refractivity contribution is 0.413. The smallest absolute Gasteiger partial charge is 0.126 e. The first-order valence-electron chi connectivity index (χ1n) is 4.97. The standard InChI is InChI=1S/C12H14BrNO/c1-15-12-3-2-10(13)7-9(12)4-8-5-11(14)6-8/h2-4,7,11H,5-6,14H2,1H3. The number of nitrogens with two attached hydrogens (primary N) is 1. The van der Waals surface area contributed by atoms with Crippen LogP contribution in [0.2, 0.25) is 0 Å². The van der Waals surface area contributed by atoms with Crippen LogP contribution in [0.5, 0.6) is 5.75 Å². The number of rotatable bonds is 2. The highest BCUT2D eigenvalue weighted by Gasteiger charge is 2.18. The topological polar surface area (TPSA) is 35.2 Å². The monoisotopic (exact) mass is 267 g/mol. The fraction of sp³-hybridized carbons (Fsp3) is 0.333. The van der Waals surface area contributed by atoms with Gasteiger partial charge >= 0.3 is 0 Å². The summed E-state index contributed by atoms with van der Waals surface area (Å²) in [6, 6.07) is 6.37. The molecular weight excluding hydrogens is 254 g/mol. The molecule has 2 N–H and O–H groups in total. The summed E-state index contributed by atoms with van der Waals surface area (Å²) in [5.74, 6) is 0.908. The average molecular weight is 268 g/mol. The fourth-order valence-corrected chi connectivity index (χ4v) is 2.15. The van der Waals surface area contributed by atoms with Crippen molar-refractivity contribution < 1.29 is 4.74 Å². The van der Waals surface area contributed by atoms with Gasteiger partial charge in [-0.25, -0.2) is 0 Å². The molecule has 3 heteroatoms. The van der Waals surface area contributed by atoms with E-state index in [0.29, 0.717) is 6.04 Å². The summed E-state index contributed by atoms with van der Waals surface area (Å²) in [4.78, 5) is 0. The quantitative estimate of drug-likeness (QED) is 0.895. The largest absolute Gasteiger partial charge is 0.496 e. The molecule has 1 fully saturated rings. The van der Waals surface area contributed by atoms with E-state index in [2.05, 4.69) is 28.1 Å². The zero-order chi connectivity index (χ0) is 10.8. The first-order valence-corrected chi connectivity index (χ1v) is 5.77. The van der Waals surface area contributed by atoms with Gasteiger partial charge in [0.05, 0.1) is 7.11 Å². The molecule has 1 aliphatic rings. The average Bonchev–Trinajstić information content (AvgIpc) is 2.16. The summed E-state index contributed by atoms with van der Waals surface area (Å²) < 4.78 is 6.37. The van der Waals surface area contributed by atoms with E-state index in [4.69, 9.17) is 10.5 Å². The molecule has 0 atom stereocenters. The summed E-state index contributed by atoms with van der Waals surface area (Å²) in [6.45, 7) is 0. The Morgan fingerprint density at radius 2 is 2.20 bits per heavy atom. The van der Waals surface area contributed by atoms with Gasteiger partial charge in [0.25, 0.3) is 0 Å². The Hall–Kier alpha value is -0.800. The van der Waals surface area contributed by atoms with Gasteiger partial charge in [0.15, 0.2) is 0 Å². The van der Waals surface area contributed by atoms with Gasteiger partial charge in [0, 0.05) is 16.1 Å². The van der Waals surface area contributed by atoms with E-state index >= 15 is 0 Å². The molecule has 15 heavy (non-hydrogen) atoms. The van der Waals surface area contributed by atoms with Crippen LogP contribution >= 0.6 is 15.9 Å². The van der Waals surface area contributed by atoms with Gasteiger partial charge in [0.1, 0.15) is 5.75 Å². The molecule has 0 aromatic heterocycles. The highest BCUT2D eigenvalue weighted by Crippen LogP contribution is 2.31. The van der Waals surface area contributed by atoms with Crippen LogP contribution in [0.25, 0.3) is 6.08 Å². The second kappa shape index (κ2) is 4.37. The second-order valence-corrected chi connectivity index (χ2v) is 4.77. The van der Waals surface area contributed by atoms with Crippen molar-refractivity contribution in [2.45, 2.75) is 18.9 Å². The SMILES string of the molecule is COc1ccc(Br)cc1C=C1CC(N)C1. The van der Waals surface area contributed by atoms with E-state index in [1.54, 1.807) is 7.11 Å². The van der Waals surface area contributed by atoms with Gasteiger partial charge in [-0.3, -0.25) is 0 Å². The summed E-state index contributed by atoms with van der Waals surface area (Å²) in [6.07, 6.45) is 4.19. The maximum absolute atomic E-state index is 5.74. The fourth-order valence-electron chi connectivity index (χ4n) is 1.77. The Morgan fingerprint density at radius 3 is 2.80 bits per heavy atom. The van der Waals surface area contributed by atoms with Crippen molar-refractivity contribution in [3.63, 3.8) is 0 Å². The minimum atomic E-state index is 0.356. The molecule has 0 amide bonds.